The zero-order valence-electron chi connectivity index (χ0n) is 11.8. The number of aromatic amines is 1. The van der Waals surface area contributed by atoms with Crippen molar-refractivity contribution in [1.82, 2.24) is 4.98 Å². The van der Waals surface area contributed by atoms with Crippen LogP contribution in [0.25, 0.3) is 10.9 Å². The summed E-state index contributed by atoms with van der Waals surface area (Å²) in [5.74, 6) is -1.80. The van der Waals surface area contributed by atoms with Gasteiger partial charge in [-0.25, -0.2) is 4.39 Å². The molecule has 0 atom stereocenters. The second-order valence-electron chi connectivity index (χ2n) is 5.04. The first-order chi connectivity index (χ1) is 10.5. The van der Waals surface area contributed by atoms with Gasteiger partial charge in [-0.2, -0.15) is 0 Å². The fourth-order valence-electron chi connectivity index (χ4n) is 2.23. The number of aryl methyl sites for hydroxylation is 1. The number of ketones is 1. The number of carbonyl (C=O) groups is 2. The summed E-state index contributed by atoms with van der Waals surface area (Å²) < 4.78 is 13.1. The van der Waals surface area contributed by atoms with Gasteiger partial charge in [0, 0.05) is 22.8 Å². The summed E-state index contributed by atoms with van der Waals surface area (Å²) in [6.07, 6.45) is 1.42. The molecule has 3 rings (SSSR count). The van der Waals surface area contributed by atoms with Gasteiger partial charge < -0.3 is 10.3 Å². The Kier molecular flexibility index (Phi) is 3.47. The Balaban J connectivity index is 1.85. The summed E-state index contributed by atoms with van der Waals surface area (Å²) in [5, 5.41) is 3.08. The van der Waals surface area contributed by atoms with Gasteiger partial charge in [0.15, 0.2) is 0 Å². The number of benzene rings is 2. The van der Waals surface area contributed by atoms with Gasteiger partial charge >= 0.3 is 0 Å². The van der Waals surface area contributed by atoms with E-state index in [1.54, 1.807) is 12.1 Å². The quantitative estimate of drug-likeness (QED) is 0.574. The van der Waals surface area contributed by atoms with Crippen molar-refractivity contribution in [2.45, 2.75) is 6.92 Å². The molecular formula is C17H13FN2O2. The first-order valence-corrected chi connectivity index (χ1v) is 6.73. The number of H-pyrrole nitrogens is 1. The fourth-order valence-corrected chi connectivity index (χ4v) is 2.23. The highest BCUT2D eigenvalue weighted by atomic mass is 19.1. The highest BCUT2D eigenvalue weighted by molar-refractivity contribution is 6.48. The van der Waals surface area contributed by atoms with Crippen LogP contribution in [0, 0.1) is 12.7 Å². The average Bonchev–Trinajstić information content (AvgIpc) is 2.91. The minimum atomic E-state index is -0.728. The van der Waals surface area contributed by atoms with E-state index in [1.807, 2.05) is 19.1 Å². The van der Waals surface area contributed by atoms with Crippen LogP contribution in [-0.4, -0.2) is 16.7 Å². The summed E-state index contributed by atoms with van der Waals surface area (Å²) in [6, 6.07) is 11.2. The van der Waals surface area contributed by atoms with Crippen molar-refractivity contribution < 1.29 is 14.0 Å². The Labute approximate surface area is 126 Å². The van der Waals surface area contributed by atoms with Crippen molar-refractivity contribution in [3.05, 3.63) is 65.6 Å². The van der Waals surface area contributed by atoms with Crippen LogP contribution in [0.5, 0.6) is 0 Å². The maximum Gasteiger partial charge on any atom is 0.296 e. The number of anilines is 1. The number of hydrogen-bond donors (Lipinski definition) is 2. The molecule has 2 N–H and O–H groups in total. The van der Waals surface area contributed by atoms with E-state index in [1.165, 1.54) is 24.4 Å². The number of fused-ring (bicyclic) bond motifs is 1. The van der Waals surface area contributed by atoms with Crippen LogP contribution in [0.15, 0.2) is 48.7 Å². The third-order valence-corrected chi connectivity index (χ3v) is 3.40. The van der Waals surface area contributed by atoms with Crippen LogP contribution in [0.4, 0.5) is 10.1 Å². The minimum Gasteiger partial charge on any atom is -0.360 e. The van der Waals surface area contributed by atoms with Crippen molar-refractivity contribution in [1.29, 1.82) is 0 Å². The van der Waals surface area contributed by atoms with Crippen LogP contribution < -0.4 is 5.32 Å². The molecule has 0 spiro atoms. The third kappa shape index (κ3) is 2.61. The molecule has 0 bridgehead atoms. The number of carbonyl (C=O) groups excluding carboxylic acids is 2. The van der Waals surface area contributed by atoms with Crippen LogP contribution in [0.2, 0.25) is 0 Å². The Bertz CT molecular complexity index is 866. The predicted octanol–water partition coefficient (Wildman–Crippen LogP) is 3.44. The van der Waals surface area contributed by atoms with E-state index in [-0.39, 0.29) is 5.56 Å². The van der Waals surface area contributed by atoms with Gasteiger partial charge in [0.25, 0.3) is 11.7 Å². The monoisotopic (exact) mass is 296 g/mol. The van der Waals surface area contributed by atoms with Gasteiger partial charge in [-0.05, 0) is 37.3 Å². The van der Waals surface area contributed by atoms with Crippen LogP contribution in [0.3, 0.4) is 0 Å². The number of rotatable bonds is 3. The summed E-state index contributed by atoms with van der Waals surface area (Å²) in [6.45, 7) is 1.93. The van der Waals surface area contributed by atoms with E-state index < -0.39 is 17.5 Å². The predicted molar refractivity (Wildman–Crippen MR) is 82.4 cm³/mol. The summed E-state index contributed by atoms with van der Waals surface area (Å²) in [7, 11) is 0. The molecular weight excluding hydrogens is 283 g/mol. The average molecular weight is 296 g/mol. The van der Waals surface area contributed by atoms with Crippen LogP contribution in [0.1, 0.15) is 15.9 Å². The Morgan fingerprint density at radius 1 is 1.09 bits per heavy atom. The molecule has 0 radical (unpaired) electrons. The largest absolute Gasteiger partial charge is 0.360 e. The van der Waals surface area contributed by atoms with Crippen molar-refractivity contribution in [3.63, 3.8) is 0 Å². The summed E-state index contributed by atoms with van der Waals surface area (Å²) in [5.41, 5.74) is 2.31. The first kappa shape index (κ1) is 14.0. The molecule has 0 aliphatic heterocycles. The maximum absolute atomic E-state index is 13.1. The second kappa shape index (κ2) is 5.44. The molecule has 0 unspecified atom stereocenters. The zero-order valence-corrected chi connectivity index (χ0v) is 11.8. The standard InChI is InChI=1S/C17H13FN2O2/c1-10-2-5-12(6-3-10)20-17(22)16(21)14-9-19-15-8-11(18)4-7-13(14)15/h2-9,19H,1H3,(H,20,22). The molecule has 0 fully saturated rings. The van der Waals surface area contributed by atoms with Crippen LogP contribution >= 0.6 is 0 Å². The smallest absolute Gasteiger partial charge is 0.296 e. The Morgan fingerprint density at radius 2 is 1.82 bits per heavy atom. The molecule has 2 aromatic carbocycles. The number of aromatic nitrogens is 1. The lowest BCUT2D eigenvalue weighted by molar-refractivity contribution is -0.112. The molecule has 0 aliphatic rings. The molecule has 1 amide bonds. The van der Waals surface area contributed by atoms with Gasteiger partial charge in [-0.1, -0.05) is 17.7 Å². The van der Waals surface area contributed by atoms with Crippen molar-refractivity contribution >= 4 is 28.3 Å². The van der Waals surface area contributed by atoms with E-state index in [0.717, 1.165) is 5.56 Å². The van der Waals surface area contributed by atoms with Crippen molar-refractivity contribution in [3.8, 4) is 0 Å². The number of halogens is 1. The van der Waals surface area contributed by atoms with Gasteiger partial charge in [0.2, 0.25) is 0 Å². The highest BCUT2D eigenvalue weighted by Crippen LogP contribution is 2.20. The van der Waals surface area contributed by atoms with Crippen LogP contribution in [-0.2, 0) is 4.79 Å². The molecule has 5 heteroatoms. The molecule has 0 saturated carbocycles. The molecule has 4 nitrogen and oxygen atoms in total. The van der Waals surface area contributed by atoms with Gasteiger partial charge in [0.1, 0.15) is 5.82 Å². The second-order valence-corrected chi connectivity index (χ2v) is 5.04. The lowest BCUT2D eigenvalue weighted by Crippen LogP contribution is -2.22. The molecule has 22 heavy (non-hydrogen) atoms. The molecule has 3 aromatic rings. The topological polar surface area (TPSA) is 62.0 Å². The number of Topliss-reactive ketones (excluding diaryl/α,β-unsaturated/α-hetero) is 1. The zero-order chi connectivity index (χ0) is 15.7. The SMILES string of the molecule is Cc1ccc(NC(=O)C(=O)c2c[nH]c3cc(F)ccc23)cc1. The maximum atomic E-state index is 13.1. The summed E-state index contributed by atoms with van der Waals surface area (Å²) >= 11 is 0. The van der Waals surface area contributed by atoms with E-state index in [9.17, 15) is 14.0 Å². The summed E-state index contributed by atoms with van der Waals surface area (Å²) in [4.78, 5) is 27.1. The van der Waals surface area contributed by atoms with E-state index in [2.05, 4.69) is 10.3 Å². The first-order valence-electron chi connectivity index (χ1n) is 6.73. The normalized spacial score (nSPS) is 10.6. The Hall–Kier alpha value is -2.95. The minimum absolute atomic E-state index is 0.222. The molecule has 1 aromatic heterocycles. The molecule has 110 valence electrons. The van der Waals surface area contributed by atoms with Crippen molar-refractivity contribution in [2.75, 3.05) is 5.32 Å². The Morgan fingerprint density at radius 3 is 2.55 bits per heavy atom. The van der Waals surface area contributed by atoms with Crippen molar-refractivity contribution in [2.24, 2.45) is 0 Å². The van der Waals surface area contributed by atoms with E-state index in [4.69, 9.17) is 0 Å². The van der Waals surface area contributed by atoms with Gasteiger partial charge in [-0.15, -0.1) is 0 Å². The molecule has 0 saturated heterocycles. The lowest BCUT2D eigenvalue weighted by atomic mass is 10.1. The fraction of sp³-hybridized carbons (Fsp3) is 0.0588. The van der Waals surface area contributed by atoms with E-state index >= 15 is 0 Å². The lowest BCUT2D eigenvalue weighted by Gasteiger charge is -2.04. The number of amides is 1. The number of hydrogen-bond acceptors (Lipinski definition) is 2. The van der Waals surface area contributed by atoms with E-state index in [0.29, 0.717) is 16.6 Å². The van der Waals surface area contributed by atoms with Gasteiger partial charge in [-0.3, -0.25) is 9.59 Å². The molecule has 0 aliphatic carbocycles. The highest BCUT2D eigenvalue weighted by Gasteiger charge is 2.20. The van der Waals surface area contributed by atoms with Gasteiger partial charge in [0.05, 0.1) is 5.56 Å². The molecule has 1 heterocycles. The number of nitrogens with one attached hydrogen (secondary N) is 2. The third-order valence-electron chi connectivity index (χ3n) is 3.40.